The van der Waals surface area contributed by atoms with Crippen LogP contribution in [0.15, 0.2) is 28.3 Å². The summed E-state index contributed by atoms with van der Waals surface area (Å²) in [6, 6.07) is 4.83. The SMILES string of the molecule is COc1cccc(/C=C(\Sc2n[nH]c(C)n2)C(=O)O)c1O. The van der Waals surface area contributed by atoms with Gasteiger partial charge < -0.3 is 14.9 Å². The van der Waals surface area contributed by atoms with E-state index in [4.69, 9.17) is 4.74 Å². The number of carboxylic acid groups (broad SMARTS) is 1. The Morgan fingerprint density at radius 2 is 2.24 bits per heavy atom. The number of hydrogen-bond acceptors (Lipinski definition) is 6. The Hall–Kier alpha value is -2.48. The molecular weight excluding hydrogens is 294 g/mol. The van der Waals surface area contributed by atoms with E-state index in [1.54, 1.807) is 25.1 Å². The van der Waals surface area contributed by atoms with Crippen molar-refractivity contribution in [3.8, 4) is 11.5 Å². The number of hydrogen-bond donors (Lipinski definition) is 3. The summed E-state index contributed by atoms with van der Waals surface area (Å²) < 4.78 is 4.99. The van der Waals surface area contributed by atoms with Crippen LogP contribution in [0, 0.1) is 6.92 Å². The first kappa shape index (κ1) is 14.9. The molecule has 0 radical (unpaired) electrons. The molecule has 1 aromatic carbocycles. The highest BCUT2D eigenvalue weighted by atomic mass is 32.2. The molecule has 0 spiro atoms. The van der Waals surface area contributed by atoms with Gasteiger partial charge in [-0.3, -0.25) is 5.10 Å². The highest BCUT2D eigenvalue weighted by Crippen LogP contribution is 2.33. The predicted octanol–water partition coefficient (Wildman–Crippen LogP) is 2.05. The second-order valence-corrected chi connectivity index (χ2v) is 5.03. The van der Waals surface area contributed by atoms with Gasteiger partial charge in [-0.25, -0.2) is 9.78 Å². The number of nitrogens with zero attached hydrogens (tertiary/aromatic N) is 2. The fourth-order valence-electron chi connectivity index (χ4n) is 1.56. The molecule has 0 atom stereocenters. The molecule has 0 fully saturated rings. The number of thioether (sulfide) groups is 1. The van der Waals surface area contributed by atoms with Crippen LogP contribution in [0.2, 0.25) is 0 Å². The highest BCUT2D eigenvalue weighted by Gasteiger charge is 2.15. The Morgan fingerprint density at radius 1 is 1.48 bits per heavy atom. The second-order valence-electron chi connectivity index (χ2n) is 4.02. The molecule has 2 rings (SSSR count). The lowest BCUT2D eigenvalue weighted by Gasteiger charge is -2.06. The molecule has 21 heavy (non-hydrogen) atoms. The largest absolute Gasteiger partial charge is 0.504 e. The Kier molecular flexibility index (Phi) is 4.49. The Balaban J connectivity index is 2.36. The van der Waals surface area contributed by atoms with Crippen LogP contribution in [0.4, 0.5) is 0 Å². The summed E-state index contributed by atoms with van der Waals surface area (Å²) >= 11 is 0.891. The van der Waals surface area contributed by atoms with Crippen LogP contribution in [-0.4, -0.2) is 38.5 Å². The summed E-state index contributed by atoms with van der Waals surface area (Å²) in [5.74, 6) is -0.395. The smallest absolute Gasteiger partial charge is 0.342 e. The van der Waals surface area contributed by atoms with Crippen LogP contribution in [0.5, 0.6) is 11.5 Å². The summed E-state index contributed by atoms with van der Waals surface area (Å²) in [6.07, 6.45) is 1.34. The minimum absolute atomic E-state index is 0.0162. The Bertz CT molecular complexity index is 696. The van der Waals surface area contributed by atoms with Gasteiger partial charge in [-0.2, -0.15) is 0 Å². The third kappa shape index (κ3) is 3.54. The number of benzene rings is 1. The number of phenolic OH excluding ortho intramolecular Hbond substituents is 1. The fraction of sp³-hybridized carbons (Fsp3) is 0.154. The molecule has 0 saturated carbocycles. The van der Waals surface area contributed by atoms with Crippen LogP contribution in [-0.2, 0) is 4.79 Å². The number of ether oxygens (including phenoxy) is 1. The monoisotopic (exact) mass is 307 g/mol. The fourth-order valence-corrected chi connectivity index (χ4v) is 2.31. The first-order valence-corrected chi connectivity index (χ1v) is 6.70. The standard InChI is InChI=1S/C13H13N3O4S/c1-7-14-13(16-15-7)21-10(12(18)19)6-8-4-3-5-9(20-2)11(8)17/h3-6,17H,1-2H3,(H,18,19)(H,14,15,16)/b10-6-. The van der Waals surface area contributed by atoms with E-state index in [0.29, 0.717) is 16.5 Å². The highest BCUT2D eigenvalue weighted by molar-refractivity contribution is 8.04. The number of methoxy groups -OCH3 is 1. The van der Waals surface area contributed by atoms with Gasteiger partial charge in [-0.1, -0.05) is 12.1 Å². The molecule has 1 heterocycles. The minimum atomic E-state index is -1.13. The molecule has 0 aliphatic carbocycles. The number of phenols is 1. The van der Waals surface area contributed by atoms with E-state index in [-0.39, 0.29) is 16.4 Å². The lowest BCUT2D eigenvalue weighted by molar-refractivity contribution is -0.131. The van der Waals surface area contributed by atoms with E-state index in [1.165, 1.54) is 13.2 Å². The van der Waals surface area contributed by atoms with Crippen molar-refractivity contribution < 1.29 is 19.7 Å². The summed E-state index contributed by atoms with van der Waals surface area (Å²) in [5.41, 5.74) is 0.339. The minimum Gasteiger partial charge on any atom is -0.504 e. The van der Waals surface area contributed by atoms with Crippen LogP contribution < -0.4 is 4.74 Å². The number of H-pyrrole nitrogens is 1. The zero-order valence-corrected chi connectivity index (χ0v) is 12.1. The van der Waals surface area contributed by atoms with Crippen LogP contribution in [0.1, 0.15) is 11.4 Å². The van der Waals surface area contributed by atoms with Crippen molar-refractivity contribution in [2.75, 3.05) is 7.11 Å². The molecule has 0 unspecified atom stereocenters. The van der Waals surface area contributed by atoms with Crippen LogP contribution in [0.25, 0.3) is 6.08 Å². The topological polar surface area (TPSA) is 108 Å². The number of rotatable bonds is 5. The number of aryl methyl sites for hydroxylation is 1. The summed E-state index contributed by atoms with van der Waals surface area (Å²) in [4.78, 5) is 15.3. The van der Waals surface area contributed by atoms with Gasteiger partial charge in [-0.05, 0) is 30.8 Å². The third-order valence-corrected chi connectivity index (χ3v) is 3.40. The Labute approximate surface area is 124 Å². The molecule has 0 amide bonds. The molecule has 0 saturated heterocycles. The lowest BCUT2D eigenvalue weighted by atomic mass is 10.1. The van der Waals surface area contributed by atoms with Crippen molar-refractivity contribution in [2.24, 2.45) is 0 Å². The maximum Gasteiger partial charge on any atom is 0.342 e. The molecule has 8 heteroatoms. The van der Waals surface area contributed by atoms with Gasteiger partial charge in [0.25, 0.3) is 0 Å². The molecule has 3 N–H and O–H groups in total. The van der Waals surface area contributed by atoms with Gasteiger partial charge in [0.1, 0.15) is 10.7 Å². The molecule has 0 aliphatic rings. The quantitative estimate of drug-likeness (QED) is 0.573. The molecule has 7 nitrogen and oxygen atoms in total. The average Bonchev–Trinajstić information content (AvgIpc) is 2.85. The average molecular weight is 307 g/mol. The molecule has 110 valence electrons. The van der Waals surface area contributed by atoms with Crippen LogP contribution >= 0.6 is 11.8 Å². The molecule has 0 aliphatic heterocycles. The van der Waals surface area contributed by atoms with Gasteiger partial charge in [0.05, 0.1) is 7.11 Å². The molecule has 1 aromatic heterocycles. The summed E-state index contributed by atoms with van der Waals surface area (Å²) in [7, 11) is 1.42. The predicted molar refractivity (Wildman–Crippen MR) is 77.2 cm³/mol. The Morgan fingerprint density at radius 3 is 2.81 bits per heavy atom. The molecular formula is C13H13N3O4S. The number of carboxylic acids is 1. The summed E-state index contributed by atoms with van der Waals surface area (Å²) in [6.45, 7) is 1.72. The first-order valence-electron chi connectivity index (χ1n) is 5.89. The van der Waals surface area contributed by atoms with Gasteiger partial charge in [0, 0.05) is 5.56 Å². The van der Waals surface area contributed by atoms with Crippen LogP contribution in [0.3, 0.4) is 0 Å². The van der Waals surface area contributed by atoms with Crippen molar-refractivity contribution in [1.82, 2.24) is 15.2 Å². The van der Waals surface area contributed by atoms with Crippen molar-refractivity contribution in [3.05, 3.63) is 34.5 Å². The van der Waals surface area contributed by atoms with E-state index in [0.717, 1.165) is 11.8 Å². The van der Waals surface area contributed by atoms with E-state index in [1.807, 2.05) is 0 Å². The third-order valence-electron chi connectivity index (χ3n) is 2.53. The van der Waals surface area contributed by atoms with Crippen molar-refractivity contribution in [2.45, 2.75) is 12.1 Å². The van der Waals surface area contributed by atoms with E-state index < -0.39 is 5.97 Å². The van der Waals surface area contributed by atoms with Gasteiger partial charge >= 0.3 is 5.97 Å². The van der Waals surface area contributed by atoms with Gasteiger partial charge in [-0.15, -0.1) is 5.10 Å². The molecule has 0 bridgehead atoms. The zero-order chi connectivity index (χ0) is 15.4. The molecule has 2 aromatic rings. The number of para-hydroxylation sites is 1. The van der Waals surface area contributed by atoms with E-state index >= 15 is 0 Å². The number of aromatic amines is 1. The van der Waals surface area contributed by atoms with Crippen molar-refractivity contribution in [3.63, 3.8) is 0 Å². The number of aromatic hydroxyl groups is 1. The number of aromatic nitrogens is 3. The second kappa shape index (κ2) is 6.31. The summed E-state index contributed by atoms with van der Waals surface area (Å²) in [5, 5.41) is 26.0. The maximum absolute atomic E-state index is 11.3. The number of aliphatic carboxylic acids is 1. The number of carbonyl (C=O) groups is 1. The van der Waals surface area contributed by atoms with Gasteiger partial charge in [0.2, 0.25) is 5.16 Å². The maximum atomic E-state index is 11.3. The normalized spacial score (nSPS) is 11.4. The van der Waals surface area contributed by atoms with Crippen molar-refractivity contribution >= 4 is 23.8 Å². The van der Waals surface area contributed by atoms with E-state index in [2.05, 4.69) is 15.2 Å². The van der Waals surface area contributed by atoms with E-state index in [9.17, 15) is 15.0 Å². The van der Waals surface area contributed by atoms with Gasteiger partial charge in [0.15, 0.2) is 11.5 Å². The number of nitrogens with one attached hydrogen (secondary N) is 1. The van der Waals surface area contributed by atoms with Crippen molar-refractivity contribution in [1.29, 1.82) is 0 Å². The lowest BCUT2D eigenvalue weighted by Crippen LogP contribution is -1.97. The first-order chi connectivity index (χ1) is 10.0. The zero-order valence-electron chi connectivity index (χ0n) is 11.3.